The average molecular weight is 490 g/mol. The van der Waals surface area contributed by atoms with Crippen molar-refractivity contribution in [3.63, 3.8) is 0 Å². The number of ether oxygens (including phenoxy) is 1. The number of rotatable bonds is 9. The van der Waals surface area contributed by atoms with Crippen molar-refractivity contribution in [1.82, 2.24) is 24.4 Å². The van der Waals surface area contributed by atoms with E-state index < -0.39 is 23.1 Å². The normalized spacial score (nSPS) is 10.9. The molecule has 2 aromatic carbocycles. The summed E-state index contributed by atoms with van der Waals surface area (Å²) in [5, 5.41) is 2.54. The molecule has 2 heterocycles. The molecule has 0 fully saturated rings. The zero-order valence-corrected chi connectivity index (χ0v) is 20.1. The van der Waals surface area contributed by atoms with Gasteiger partial charge in [-0.15, -0.1) is 0 Å². The van der Waals surface area contributed by atoms with Gasteiger partial charge in [-0.25, -0.2) is 9.78 Å². The maximum Gasteiger partial charge on any atom is 0.330 e. The Labute approximate surface area is 206 Å². The summed E-state index contributed by atoms with van der Waals surface area (Å²) in [5.74, 6) is -0.753. The first kappa shape index (κ1) is 24.6. The van der Waals surface area contributed by atoms with E-state index >= 15 is 0 Å². The molecule has 0 unspecified atom stereocenters. The summed E-state index contributed by atoms with van der Waals surface area (Å²) in [6, 6.07) is 16.9. The highest BCUT2D eigenvalue weighted by Gasteiger charge is 2.18. The Kier molecular flexibility index (Phi) is 7.43. The molecule has 1 amide bonds. The molecule has 0 saturated carbocycles. The number of hydrogen-bond acceptors (Lipinski definition) is 6. The number of aromatic amines is 1. The fraction of sp³-hybridized carbons (Fsp3) is 0.269. The lowest BCUT2D eigenvalue weighted by Crippen LogP contribution is -2.31. The summed E-state index contributed by atoms with van der Waals surface area (Å²) < 4.78 is 8.16. The predicted octanol–water partition coefficient (Wildman–Crippen LogP) is 2.36. The van der Waals surface area contributed by atoms with E-state index in [0.29, 0.717) is 17.9 Å². The van der Waals surface area contributed by atoms with Crippen molar-refractivity contribution in [2.75, 3.05) is 6.54 Å². The number of amides is 1. The number of carbonyl (C=O) groups excluding carboxylic acids is 2. The summed E-state index contributed by atoms with van der Waals surface area (Å²) in [7, 11) is 1.61. The first-order valence-corrected chi connectivity index (χ1v) is 11.7. The molecule has 0 aliphatic rings. The van der Waals surface area contributed by atoms with Crippen molar-refractivity contribution < 1.29 is 14.3 Å². The average Bonchev–Trinajstić information content (AvgIpc) is 3.22. The minimum Gasteiger partial charge on any atom is -0.456 e. The highest BCUT2D eigenvalue weighted by Crippen LogP contribution is 2.19. The van der Waals surface area contributed by atoms with E-state index in [1.54, 1.807) is 19.2 Å². The molecular weight excluding hydrogens is 462 g/mol. The molecule has 0 bridgehead atoms. The SMILES string of the molecule is CCCCn1c(=O)[nH]c(=O)c2c1nc(COC(=O)CNC(=O)c1ccc(-c3ccccc3)cc1)n2C. The Morgan fingerprint density at radius 1 is 1.03 bits per heavy atom. The number of imidazole rings is 1. The topological polar surface area (TPSA) is 128 Å². The second-order valence-corrected chi connectivity index (χ2v) is 8.31. The van der Waals surface area contributed by atoms with Crippen molar-refractivity contribution in [3.8, 4) is 11.1 Å². The smallest absolute Gasteiger partial charge is 0.330 e. The van der Waals surface area contributed by atoms with Crippen molar-refractivity contribution in [1.29, 1.82) is 0 Å². The molecule has 0 saturated heterocycles. The van der Waals surface area contributed by atoms with Gasteiger partial charge < -0.3 is 14.6 Å². The molecule has 36 heavy (non-hydrogen) atoms. The van der Waals surface area contributed by atoms with E-state index in [9.17, 15) is 19.2 Å². The third-order valence-electron chi connectivity index (χ3n) is 5.85. The number of hydrogen-bond donors (Lipinski definition) is 2. The molecule has 0 aliphatic heterocycles. The van der Waals surface area contributed by atoms with Gasteiger partial charge in [0.25, 0.3) is 11.5 Å². The fourth-order valence-corrected chi connectivity index (χ4v) is 3.84. The summed E-state index contributed by atoms with van der Waals surface area (Å²) in [5.41, 5.74) is 1.83. The van der Waals surface area contributed by atoms with Crippen LogP contribution in [-0.2, 0) is 29.7 Å². The molecule has 10 nitrogen and oxygen atoms in total. The van der Waals surface area contributed by atoms with Crippen LogP contribution in [0.15, 0.2) is 64.2 Å². The number of unbranched alkanes of at least 4 members (excludes halogenated alkanes) is 1. The lowest BCUT2D eigenvalue weighted by Gasteiger charge is -2.07. The first-order valence-electron chi connectivity index (χ1n) is 11.7. The van der Waals surface area contributed by atoms with Gasteiger partial charge in [0.05, 0.1) is 0 Å². The van der Waals surface area contributed by atoms with E-state index in [4.69, 9.17) is 4.74 Å². The summed E-state index contributed by atoms with van der Waals surface area (Å²) >= 11 is 0. The van der Waals surface area contributed by atoms with Crippen molar-refractivity contribution in [2.24, 2.45) is 7.05 Å². The van der Waals surface area contributed by atoms with Crippen LogP contribution >= 0.6 is 0 Å². The number of carbonyl (C=O) groups is 2. The molecule has 0 atom stereocenters. The zero-order valence-electron chi connectivity index (χ0n) is 20.1. The number of H-pyrrole nitrogens is 1. The standard InChI is InChI=1S/C26H27N5O5/c1-3-4-14-31-23-22(25(34)29-26(31)35)30(2)20(28-23)16-36-21(32)15-27-24(33)19-12-10-18(11-13-19)17-8-6-5-7-9-17/h5-13H,3-4,14-16H2,1-2H3,(H,27,33)(H,29,34,35). The lowest BCUT2D eigenvalue weighted by molar-refractivity contribution is -0.143. The van der Waals surface area contributed by atoms with Gasteiger partial charge in [0.1, 0.15) is 19.0 Å². The molecule has 10 heteroatoms. The third kappa shape index (κ3) is 5.27. The largest absolute Gasteiger partial charge is 0.456 e. The van der Waals surface area contributed by atoms with Crippen LogP contribution in [0.4, 0.5) is 0 Å². The fourth-order valence-electron chi connectivity index (χ4n) is 3.84. The minimum absolute atomic E-state index is 0.215. The van der Waals surface area contributed by atoms with Crippen LogP contribution < -0.4 is 16.6 Å². The molecule has 4 aromatic rings. The third-order valence-corrected chi connectivity index (χ3v) is 5.85. The van der Waals surface area contributed by atoms with Crippen LogP contribution in [0.5, 0.6) is 0 Å². The Balaban J connectivity index is 1.37. The van der Waals surface area contributed by atoms with Gasteiger partial charge in [-0.3, -0.25) is 23.9 Å². The number of fused-ring (bicyclic) bond motifs is 1. The summed E-state index contributed by atoms with van der Waals surface area (Å²) in [6.45, 7) is 1.87. The Morgan fingerprint density at radius 2 is 1.72 bits per heavy atom. The Bertz CT molecular complexity index is 1500. The molecule has 2 N–H and O–H groups in total. The van der Waals surface area contributed by atoms with E-state index in [-0.39, 0.29) is 24.3 Å². The highest BCUT2D eigenvalue weighted by atomic mass is 16.5. The number of benzene rings is 2. The van der Waals surface area contributed by atoms with Gasteiger partial charge in [-0.05, 0) is 29.7 Å². The van der Waals surface area contributed by atoms with E-state index in [1.165, 1.54) is 9.13 Å². The number of aryl methyl sites for hydroxylation is 2. The molecule has 186 valence electrons. The van der Waals surface area contributed by atoms with E-state index in [0.717, 1.165) is 24.0 Å². The quantitative estimate of drug-likeness (QED) is 0.348. The summed E-state index contributed by atoms with van der Waals surface area (Å²) in [6.07, 6.45) is 1.61. The van der Waals surface area contributed by atoms with Crippen molar-refractivity contribution in [3.05, 3.63) is 86.8 Å². The lowest BCUT2D eigenvalue weighted by atomic mass is 10.0. The second-order valence-electron chi connectivity index (χ2n) is 8.31. The van der Waals surface area contributed by atoms with E-state index in [2.05, 4.69) is 15.3 Å². The molecular formula is C26H27N5O5. The number of nitrogens with one attached hydrogen (secondary N) is 2. The first-order chi connectivity index (χ1) is 17.4. The van der Waals surface area contributed by atoms with Gasteiger partial charge in [0.2, 0.25) is 0 Å². The predicted molar refractivity (Wildman–Crippen MR) is 135 cm³/mol. The van der Waals surface area contributed by atoms with Crippen LogP contribution in [0.3, 0.4) is 0 Å². The Morgan fingerprint density at radius 3 is 2.42 bits per heavy atom. The van der Waals surface area contributed by atoms with Gasteiger partial charge in [0, 0.05) is 19.2 Å². The Hall–Kier alpha value is -4.47. The van der Waals surface area contributed by atoms with Crippen LogP contribution in [0.1, 0.15) is 35.9 Å². The van der Waals surface area contributed by atoms with Crippen LogP contribution in [-0.4, -0.2) is 37.5 Å². The monoisotopic (exact) mass is 489 g/mol. The maximum atomic E-state index is 12.4. The van der Waals surface area contributed by atoms with Crippen LogP contribution in [0, 0.1) is 0 Å². The van der Waals surface area contributed by atoms with Crippen LogP contribution in [0.25, 0.3) is 22.3 Å². The minimum atomic E-state index is -0.659. The highest BCUT2D eigenvalue weighted by molar-refractivity contribution is 5.96. The molecule has 0 radical (unpaired) electrons. The molecule has 2 aromatic heterocycles. The van der Waals surface area contributed by atoms with Gasteiger partial charge in [-0.2, -0.15) is 0 Å². The van der Waals surface area contributed by atoms with Crippen LogP contribution in [0.2, 0.25) is 0 Å². The number of esters is 1. The summed E-state index contributed by atoms with van der Waals surface area (Å²) in [4.78, 5) is 55.9. The molecule has 0 aliphatic carbocycles. The zero-order chi connectivity index (χ0) is 25.7. The van der Waals surface area contributed by atoms with Gasteiger partial charge in [0.15, 0.2) is 11.2 Å². The number of nitrogens with zero attached hydrogens (tertiary/aromatic N) is 3. The van der Waals surface area contributed by atoms with E-state index in [1.807, 2.05) is 49.4 Å². The van der Waals surface area contributed by atoms with Crippen molar-refractivity contribution in [2.45, 2.75) is 32.9 Å². The molecule has 4 rings (SSSR count). The molecule has 0 spiro atoms. The maximum absolute atomic E-state index is 12.4. The van der Waals surface area contributed by atoms with Crippen molar-refractivity contribution >= 4 is 23.0 Å². The number of aromatic nitrogens is 4. The second kappa shape index (κ2) is 10.9. The van der Waals surface area contributed by atoms with Gasteiger partial charge in [-0.1, -0.05) is 55.8 Å². The van der Waals surface area contributed by atoms with Gasteiger partial charge >= 0.3 is 11.7 Å².